The largest absolute Gasteiger partial charge is 0.478 e. The highest BCUT2D eigenvalue weighted by molar-refractivity contribution is 5.91. The molecule has 0 saturated heterocycles. The first-order valence-corrected chi connectivity index (χ1v) is 5.31. The van der Waals surface area contributed by atoms with Gasteiger partial charge < -0.3 is 10.4 Å². The number of carbonyl (C=O) groups excluding carboxylic acids is 1. The van der Waals surface area contributed by atoms with Gasteiger partial charge in [0.1, 0.15) is 5.82 Å². The summed E-state index contributed by atoms with van der Waals surface area (Å²) in [6.45, 7) is 0. The van der Waals surface area contributed by atoms with E-state index in [0.29, 0.717) is 5.82 Å². The molecule has 1 fully saturated rings. The Morgan fingerprint density at radius 1 is 1.47 bits per heavy atom. The van der Waals surface area contributed by atoms with E-state index >= 15 is 0 Å². The minimum Gasteiger partial charge on any atom is -0.478 e. The first-order chi connectivity index (χ1) is 8.08. The molecule has 6 nitrogen and oxygen atoms in total. The van der Waals surface area contributed by atoms with Crippen LogP contribution in [0.5, 0.6) is 0 Å². The number of nitrogens with one attached hydrogen (secondary N) is 1. The highest BCUT2D eigenvalue weighted by atomic mass is 16.4. The van der Waals surface area contributed by atoms with Gasteiger partial charge in [0.05, 0.1) is 5.56 Å². The molecular formula is C11H13N3O3. The summed E-state index contributed by atoms with van der Waals surface area (Å²) in [6.07, 6.45) is 3.27. The smallest absolute Gasteiger partial charge is 0.337 e. The van der Waals surface area contributed by atoms with E-state index in [-0.39, 0.29) is 17.6 Å². The number of aromatic nitrogens is 1. The third kappa shape index (κ3) is 2.72. The Labute approximate surface area is 98.3 Å². The lowest BCUT2D eigenvalue weighted by Crippen LogP contribution is -2.38. The van der Waals surface area contributed by atoms with Crippen molar-refractivity contribution in [3.05, 3.63) is 23.9 Å². The Balaban J connectivity index is 2.04. The third-order valence-electron chi connectivity index (χ3n) is 2.55. The second-order valence-corrected chi connectivity index (χ2v) is 3.99. The van der Waals surface area contributed by atoms with Gasteiger partial charge in [0, 0.05) is 19.3 Å². The molecule has 2 amide bonds. The van der Waals surface area contributed by atoms with Crippen molar-refractivity contribution in [1.29, 1.82) is 0 Å². The summed E-state index contributed by atoms with van der Waals surface area (Å²) >= 11 is 0. The highest BCUT2D eigenvalue weighted by Gasteiger charge is 2.25. The molecule has 90 valence electrons. The van der Waals surface area contributed by atoms with Crippen molar-refractivity contribution in [2.24, 2.45) is 0 Å². The summed E-state index contributed by atoms with van der Waals surface area (Å²) in [4.78, 5) is 27.6. The van der Waals surface area contributed by atoms with Gasteiger partial charge in [-0.1, -0.05) is 0 Å². The summed E-state index contributed by atoms with van der Waals surface area (Å²) in [7, 11) is 1.60. The number of hydrogen-bond donors (Lipinski definition) is 2. The molecular weight excluding hydrogens is 222 g/mol. The van der Waals surface area contributed by atoms with E-state index in [2.05, 4.69) is 10.3 Å². The maximum absolute atomic E-state index is 11.7. The fourth-order valence-corrected chi connectivity index (χ4v) is 1.31. The Morgan fingerprint density at radius 2 is 2.18 bits per heavy atom. The van der Waals surface area contributed by atoms with Crippen molar-refractivity contribution in [2.75, 3.05) is 11.9 Å². The number of pyridine rings is 1. The van der Waals surface area contributed by atoms with Gasteiger partial charge in [-0.25, -0.2) is 14.6 Å². The number of rotatable bonds is 3. The van der Waals surface area contributed by atoms with E-state index in [0.717, 1.165) is 12.8 Å². The van der Waals surface area contributed by atoms with Gasteiger partial charge in [-0.15, -0.1) is 0 Å². The quantitative estimate of drug-likeness (QED) is 0.821. The van der Waals surface area contributed by atoms with Crippen LogP contribution in [-0.4, -0.2) is 35.2 Å². The van der Waals surface area contributed by atoms with E-state index in [9.17, 15) is 9.59 Å². The molecule has 0 unspecified atom stereocenters. The van der Waals surface area contributed by atoms with Crippen LogP contribution in [0, 0.1) is 0 Å². The number of carboxylic acids is 1. The van der Waals surface area contributed by atoms with Gasteiger partial charge in [0.15, 0.2) is 0 Å². The van der Waals surface area contributed by atoms with Crippen LogP contribution in [0.25, 0.3) is 0 Å². The van der Waals surface area contributed by atoms with E-state index in [1.54, 1.807) is 7.05 Å². The summed E-state index contributed by atoms with van der Waals surface area (Å²) in [5, 5.41) is 11.5. The molecule has 0 bridgehead atoms. The summed E-state index contributed by atoms with van der Waals surface area (Å²) in [5.74, 6) is -0.609. The number of carboxylic acid groups (broad SMARTS) is 1. The number of anilines is 1. The summed E-state index contributed by atoms with van der Waals surface area (Å²) in [5.41, 5.74) is 0.102. The van der Waals surface area contributed by atoms with Crippen molar-refractivity contribution in [2.45, 2.75) is 18.9 Å². The molecule has 0 atom stereocenters. The molecule has 2 rings (SSSR count). The monoisotopic (exact) mass is 235 g/mol. The van der Waals surface area contributed by atoms with E-state index in [1.165, 1.54) is 23.2 Å². The Bertz CT molecular complexity index is 440. The number of amides is 2. The maximum Gasteiger partial charge on any atom is 0.337 e. The summed E-state index contributed by atoms with van der Waals surface area (Å²) < 4.78 is 0. The second kappa shape index (κ2) is 4.40. The molecule has 17 heavy (non-hydrogen) atoms. The van der Waals surface area contributed by atoms with Gasteiger partial charge in [-0.2, -0.15) is 0 Å². The number of hydrogen-bond acceptors (Lipinski definition) is 3. The van der Waals surface area contributed by atoms with Crippen LogP contribution in [0.4, 0.5) is 10.6 Å². The zero-order chi connectivity index (χ0) is 12.4. The van der Waals surface area contributed by atoms with Gasteiger partial charge in [0.25, 0.3) is 0 Å². The first-order valence-electron chi connectivity index (χ1n) is 5.31. The SMILES string of the molecule is CN(C(=O)NC1CC1)c1ccc(C(=O)O)cn1. The molecule has 1 aliphatic carbocycles. The molecule has 1 saturated carbocycles. The van der Waals surface area contributed by atoms with Crippen LogP contribution in [0.3, 0.4) is 0 Å². The Hall–Kier alpha value is -2.11. The molecule has 2 N–H and O–H groups in total. The first kappa shape index (κ1) is 11.4. The molecule has 1 aromatic rings. The van der Waals surface area contributed by atoms with Crippen LogP contribution in [0.15, 0.2) is 18.3 Å². The van der Waals surface area contributed by atoms with Crippen molar-refractivity contribution in [3.8, 4) is 0 Å². The van der Waals surface area contributed by atoms with E-state index < -0.39 is 5.97 Å². The lowest BCUT2D eigenvalue weighted by Gasteiger charge is -2.16. The summed E-state index contributed by atoms with van der Waals surface area (Å²) in [6, 6.07) is 2.99. The van der Waals surface area contributed by atoms with Crippen LogP contribution in [-0.2, 0) is 0 Å². The fourth-order valence-electron chi connectivity index (χ4n) is 1.31. The lowest BCUT2D eigenvalue weighted by molar-refractivity contribution is 0.0696. The van der Waals surface area contributed by atoms with Crippen molar-refractivity contribution < 1.29 is 14.7 Å². The average molecular weight is 235 g/mol. The number of carbonyl (C=O) groups is 2. The van der Waals surface area contributed by atoms with Crippen LogP contribution in [0.2, 0.25) is 0 Å². The number of urea groups is 1. The fraction of sp³-hybridized carbons (Fsp3) is 0.364. The maximum atomic E-state index is 11.7. The predicted octanol–water partition coefficient (Wildman–Crippen LogP) is 1.09. The van der Waals surface area contributed by atoms with E-state index in [1.807, 2.05) is 0 Å². The topological polar surface area (TPSA) is 82.5 Å². The molecule has 1 heterocycles. The number of nitrogens with zero attached hydrogens (tertiary/aromatic N) is 2. The molecule has 1 aliphatic rings. The minimum atomic E-state index is -1.03. The highest BCUT2D eigenvalue weighted by Crippen LogP contribution is 2.19. The van der Waals surface area contributed by atoms with Gasteiger partial charge >= 0.3 is 12.0 Å². The molecule has 0 aliphatic heterocycles. The Kier molecular flexibility index (Phi) is 2.95. The normalized spacial score (nSPS) is 14.2. The average Bonchev–Trinajstić information content (AvgIpc) is 3.12. The molecule has 1 aromatic heterocycles. The molecule has 6 heteroatoms. The predicted molar refractivity (Wildman–Crippen MR) is 61.2 cm³/mol. The zero-order valence-electron chi connectivity index (χ0n) is 9.38. The standard InChI is InChI=1S/C11H13N3O3/c1-14(11(17)13-8-3-4-8)9-5-2-7(6-12-9)10(15)16/h2,5-6,8H,3-4H2,1H3,(H,13,17)(H,15,16). The van der Waals surface area contributed by atoms with Crippen molar-refractivity contribution in [3.63, 3.8) is 0 Å². The van der Waals surface area contributed by atoms with Crippen LogP contribution >= 0.6 is 0 Å². The molecule has 0 spiro atoms. The van der Waals surface area contributed by atoms with Crippen LogP contribution < -0.4 is 10.2 Å². The van der Waals surface area contributed by atoms with Crippen molar-refractivity contribution in [1.82, 2.24) is 10.3 Å². The minimum absolute atomic E-state index is 0.102. The lowest BCUT2D eigenvalue weighted by atomic mass is 10.3. The second-order valence-electron chi connectivity index (χ2n) is 3.99. The number of aromatic carboxylic acids is 1. The van der Waals surface area contributed by atoms with E-state index in [4.69, 9.17) is 5.11 Å². The Morgan fingerprint density at radius 3 is 2.65 bits per heavy atom. The van der Waals surface area contributed by atoms with Gasteiger partial charge in [-0.3, -0.25) is 4.90 Å². The van der Waals surface area contributed by atoms with Gasteiger partial charge in [-0.05, 0) is 25.0 Å². The third-order valence-corrected chi connectivity index (χ3v) is 2.55. The molecule has 0 radical (unpaired) electrons. The molecule has 0 aromatic carbocycles. The zero-order valence-corrected chi connectivity index (χ0v) is 9.38. The van der Waals surface area contributed by atoms with Gasteiger partial charge in [0.2, 0.25) is 0 Å². The van der Waals surface area contributed by atoms with Crippen molar-refractivity contribution >= 4 is 17.8 Å². The van der Waals surface area contributed by atoms with Crippen LogP contribution in [0.1, 0.15) is 23.2 Å².